The Kier molecular flexibility index (Phi) is 5.01. The topological polar surface area (TPSA) is 49.6 Å². The molecule has 1 heterocycles. The van der Waals surface area contributed by atoms with Crippen LogP contribution in [-0.4, -0.2) is 55.0 Å². The molecule has 0 bridgehead atoms. The van der Waals surface area contributed by atoms with Crippen LogP contribution in [0.4, 0.5) is 0 Å². The van der Waals surface area contributed by atoms with Crippen molar-refractivity contribution < 1.29 is 4.79 Å². The van der Waals surface area contributed by atoms with Gasteiger partial charge in [0.15, 0.2) is 0 Å². The largest absolute Gasteiger partial charge is 0.342 e. The standard InChI is InChI=1S/C14H27N3O/c1-16(13-5-3-2-4-6-13)14(18)11-17-8-7-12(9-15)10-17/h12-13H,2-11,15H2,1H3. The first-order chi connectivity index (χ1) is 8.70. The first kappa shape index (κ1) is 13.8. The van der Waals surface area contributed by atoms with Gasteiger partial charge in [-0.25, -0.2) is 0 Å². The molecule has 0 spiro atoms. The molecule has 0 radical (unpaired) electrons. The van der Waals surface area contributed by atoms with Gasteiger partial charge >= 0.3 is 0 Å². The van der Waals surface area contributed by atoms with Crippen molar-refractivity contribution in [3.63, 3.8) is 0 Å². The van der Waals surface area contributed by atoms with Gasteiger partial charge in [0.05, 0.1) is 6.54 Å². The average Bonchev–Trinajstić information content (AvgIpc) is 2.86. The van der Waals surface area contributed by atoms with Crippen molar-refractivity contribution in [1.29, 1.82) is 0 Å². The Balaban J connectivity index is 1.76. The second kappa shape index (κ2) is 6.53. The molecule has 1 aliphatic heterocycles. The number of amides is 1. The van der Waals surface area contributed by atoms with Crippen molar-refractivity contribution in [2.45, 2.75) is 44.6 Å². The van der Waals surface area contributed by atoms with Crippen LogP contribution in [0.1, 0.15) is 38.5 Å². The van der Waals surface area contributed by atoms with E-state index >= 15 is 0 Å². The second-order valence-corrected chi connectivity index (χ2v) is 5.92. The fraction of sp³-hybridized carbons (Fsp3) is 0.929. The number of hydrogen-bond donors (Lipinski definition) is 1. The molecule has 0 aromatic rings. The third-order valence-electron chi connectivity index (χ3n) is 4.58. The van der Waals surface area contributed by atoms with E-state index < -0.39 is 0 Å². The Morgan fingerprint density at radius 2 is 2.00 bits per heavy atom. The van der Waals surface area contributed by atoms with Crippen molar-refractivity contribution >= 4 is 5.91 Å². The minimum absolute atomic E-state index is 0.291. The summed E-state index contributed by atoms with van der Waals surface area (Å²) in [6, 6.07) is 0.485. The molecular formula is C14H27N3O. The molecular weight excluding hydrogens is 226 g/mol. The number of rotatable bonds is 4. The number of hydrogen-bond acceptors (Lipinski definition) is 3. The molecule has 2 fully saturated rings. The van der Waals surface area contributed by atoms with Crippen LogP contribution in [0.25, 0.3) is 0 Å². The van der Waals surface area contributed by atoms with Crippen LogP contribution < -0.4 is 5.73 Å². The zero-order chi connectivity index (χ0) is 13.0. The summed E-state index contributed by atoms with van der Waals surface area (Å²) in [5.74, 6) is 0.886. The van der Waals surface area contributed by atoms with E-state index in [1.807, 2.05) is 11.9 Å². The van der Waals surface area contributed by atoms with Gasteiger partial charge in [0.1, 0.15) is 0 Å². The highest BCUT2D eigenvalue weighted by Crippen LogP contribution is 2.22. The quantitative estimate of drug-likeness (QED) is 0.815. The van der Waals surface area contributed by atoms with Crippen LogP contribution in [0.2, 0.25) is 0 Å². The molecule has 1 amide bonds. The predicted octanol–water partition coefficient (Wildman–Crippen LogP) is 1.06. The summed E-state index contributed by atoms with van der Waals surface area (Å²) in [4.78, 5) is 16.5. The Labute approximate surface area is 110 Å². The third kappa shape index (κ3) is 3.45. The van der Waals surface area contributed by atoms with E-state index in [2.05, 4.69) is 4.90 Å². The molecule has 1 saturated carbocycles. The molecule has 2 N–H and O–H groups in total. The number of nitrogens with zero attached hydrogens (tertiary/aromatic N) is 2. The van der Waals surface area contributed by atoms with E-state index in [1.165, 1.54) is 32.1 Å². The lowest BCUT2D eigenvalue weighted by molar-refractivity contribution is -0.133. The van der Waals surface area contributed by atoms with Gasteiger partial charge in [-0.3, -0.25) is 9.69 Å². The van der Waals surface area contributed by atoms with E-state index in [-0.39, 0.29) is 0 Å². The molecule has 1 aliphatic carbocycles. The maximum atomic E-state index is 12.2. The highest BCUT2D eigenvalue weighted by atomic mass is 16.2. The van der Waals surface area contributed by atoms with E-state index in [4.69, 9.17) is 5.73 Å². The van der Waals surface area contributed by atoms with Gasteiger partial charge in [-0.1, -0.05) is 19.3 Å². The molecule has 18 heavy (non-hydrogen) atoms. The van der Waals surface area contributed by atoms with Gasteiger partial charge in [0, 0.05) is 19.6 Å². The Hall–Kier alpha value is -0.610. The van der Waals surface area contributed by atoms with Crippen LogP contribution in [0.15, 0.2) is 0 Å². The van der Waals surface area contributed by atoms with Crippen LogP contribution in [-0.2, 0) is 4.79 Å². The molecule has 1 atom stereocenters. The van der Waals surface area contributed by atoms with E-state index in [0.717, 1.165) is 26.1 Å². The van der Waals surface area contributed by atoms with Crippen molar-refractivity contribution in [1.82, 2.24) is 9.80 Å². The molecule has 4 heteroatoms. The number of likely N-dealkylation sites (tertiary alicyclic amines) is 1. The first-order valence-corrected chi connectivity index (χ1v) is 7.38. The van der Waals surface area contributed by atoms with Gasteiger partial charge in [0.25, 0.3) is 0 Å². The van der Waals surface area contributed by atoms with Gasteiger partial charge in [0.2, 0.25) is 5.91 Å². The SMILES string of the molecule is CN(C(=O)CN1CCC(CN)C1)C1CCCCC1. The average molecular weight is 253 g/mol. The van der Waals surface area contributed by atoms with Gasteiger partial charge in [-0.2, -0.15) is 0 Å². The number of nitrogens with two attached hydrogens (primary N) is 1. The number of likely N-dealkylation sites (N-methyl/N-ethyl adjacent to an activating group) is 1. The molecule has 104 valence electrons. The molecule has 0 aromatic carbocycles. The molecule has 0 aromatic heterocycles. The van der Waals surface area contributed by atoms with Crippen LogP contribution in [0.3, 0.4) is 0 Å². The maximum absolute atomic E-state index is 12.2. The summed E-state index contributed by atoms with van der Waals surface area (Å²) < 4.78 is 0. The van der Waals surface area contributed by atoms with Gasteiger partial charge in [-0.15, -0.1) is 0 Å². The van der Waals surface area contributed by atoms with Crippen molar-refractivity contribution in [2.24, 2.45) is 11.7 Å². The number of carbonyl (C=O) groups is 1. The zero-order valence-corrected chi connectivity index (χ0v) is 11.6. The third-order valence-corrected chi connectivity index (χ3v) is 4.58. The Morgan fingerprint density at radius 1 is 1.28 bits per heavy atom. The molecule has 4 nitrogen and oxygen atoms in total. The highest BCUT2D eigenvalue weighted by Gasteiger charge is 2.26. The number of carbonyl (C=O) groups excluding carboxylic acids is 1. The summed E-state index contributed by atoms with van der Waals surface area (Å²) >= 11 is 0. The van der Waals surface area contributed by atoms with Crippen LogP contribution in [0.5, 0.6) is 0 Å². The fourth-order valence-corrected chi connectivity index (χ4v) is 3.22. The zero-order valence-electron chi connectivity index (χ0n) is 11.6. The van der Waals surface area contributed by atoms with Gasteiger partial charge < -0.3 is 10.6 Å². The lowest BCUT2D eigenvalue weighted by atomic mass is 9.94. The Bertz CT molecular complexity index is 276. The predicted molar refractivity (Wildman–Crippen MR) is 73.2 cm³/mol. The maximum Gasteiger partial charge on any atom is 0.236 e. The second-order valence-electron chi connectivity index (χ2n) is 5.92. The monoisotopic (exact) mass is 253 g/mol. The fourth-order valence-electron chi connectivity index (χ4n) is 3.22. The molecule has 2 aliphatic rings. The van der Waals surface area contributed by atoms with E-state index in [1.54, 1.807) is 0 Å². The minimum atomic E-state index is 0.291. The first-order valence-electron chi connectivity index (χ1n) is 7.38. The van der Waals surface area contributed by atoms with E-state index in [0.29, 0.717) is 24.4 Å². The molecule has 1 unspecified atom stereocenters. The van der Waals surface area contributed by atoms with E-state index in [9.17, 15) is 4.79 Å². The summed E-state index contributed by atoms with van der Waals surface area (Å²) in [5, 5.41) is 0. The lowest BCUT2D eigenvalue weighted by Gasteiger charge is -2.32. The molecule has 2 rings (SSSR count). The van der Waals surface area contributed by atoms with Crippen molar-refractivity contribution in [2.75, 3.05) is 33.2 Å². The van der Waals surface area contributed by atoms with Crippen molar-refractivity contribution in [3.05, 3.63) is 0 Å². The summed E-state index contributed by atoms with van der Waals surface area (Å²) in [6.45, 7) is 3.37. The van der Waals surface area contributed by atoms with Crippen LogP contribution in [0, 0.1) is 5.92 Å². The summed E-state index contributed by atoms with van der Waals surface area (Å²) in [5.41, 5.74) is 5.68. The van der Waals surface area contributed by atoms with Crippen molar-refractivity contribution in [3.8, 4) is 0 Å². The smallest absolute Gasteiger partial charge is 0.236 e. The minimum Gasteiger partial charge on any atom is -0.342 e. The summed E-state index contributed by atoms with van der Waals surface area (Å²) in [7, 11) is 1.98. The Morgan fingerprint density at radius 3 is 2.61 bits per heavy atom. The van der Waals surface area contributed by atoms with Crippen LogP contribution >= 0.6 is 0 Å². The highest BCUT2D eigenvalue weighted by molar-refractivity contribution is 5.78. The normalized spacial score (nSPS) is 26.4. The summed E-state index contributed by atoms with van der Waals surface area (Å²) in [6.07, 6.45) is 7.42. The lowest BCUT2D eigenvalue weighted by Crippen LogP contribution is -2.43. The molecule has 1 saturated heterocycles. The van der Waals surface area contributed by atoms with Gasteiger partial charge in [-0.05, 0) is 38.3 Å².